The number of carbonyl (C=O) groups is 2. The van der Waals surface area contributed by atoms with Crippen LogP contribution in [0.25, 0.3) is 11.1 Å². The summed E-state index contributed by atoms with van der Waals surface area (Å²) >= 11 is 0. The number of nitrogens with zero attached hydrogens (tertiary/aromatic N) is 2. The average Bonchev–Trinajstić information content (AvgIpc) is 3.74. The maximum atomic E-state index is 13.3. The molecule has 2 amide bonds. The number of ether oxygens (including phenoxy) is 1. The summed E-state index contributed by atoms with van der Waals surface area (Å²) in [6.45, 7) is 6.02. The van der Waals surface area contributed by atoms with Crippen molar-refractivity contribution in [2.24, 2.45) is 0 Å². The van der Waals surface area contributed by atoms with Crippen LogP contribution in [0.1, 0.15) is 69.3 Å². The number of amides is 2. The molecule has 2 aromatic carbocycles. The molecule has 5 rings (SSSR count). The fourth-order valence-electron chi connectivity index (χ4n) is 5.84. The van der Waals surface area contributed by atoms with Gasteiger partial charge in [0.25, 0.3) is 0 Å². The molecule has 1 saturated carbocycles. The predicted octanol–water partition coefficient (Wildman–Crippen LogP) is 5.49. The van der Waals surface area contributed by atoms with E-state index in [0.717, 1.165) is 40.8 Å². The summed E-state index contributed by atoms with van der Waals surface area (Å²) in [7, 11) is 1.67. The lowest BCUT2D eigenvalue weighted by molar-refractivity contribution is -0.123. The lowest BCUT2D eigenvalue weighted by atomic mass is 9.80. The summed E-state index contributed by atoms with van der Waals surface area (Å²) in [5.74, 6) is 0.0263. The van der Waals surface area contributed by atoms with E-state index in [0.29, 0.717) is 19.4 Å². The molecular weight excluding hydrogens is 490 g/mol. The Labute approximate surface area is 230 Å². The number of aliphatic hydroxyl groups is 1. The van der Waals surface area contributed by atoms with Gasteiger partial charge in [0.1, 0.15) is 5.60 Å². The molecule has 1 aliphatic carbocycles. The molecule has 204 valence electrons. The van der Waals surface area contributed by atoms with Gasteiger partial charge in [0.2, 0.25) is 5.91 Å². The van der Waals surface area contributed by atoms with Crippen molar-refractivity contribution in [3.63, 3.8) is 0 Å². The van der Waals surface area contributed by atoms with Crippen LogP contribution in [0.2, 0.25) is 0 Å². The lowest BCUT2D eigenvalue weighted by Gasteiger charge is -2.45. The molecular formula is C32H37N3O4. The van der Waals surface area contributed by atoms with Crippen molar-refractivity contribution in [2.45, 2.75) is 69.1 Å². The lowest BCUT2D eigenvalue weighted by Crippen LogP contribution is -2.51. The number of cyclic esters (lactones) is 1. The van der Waals surface area contributed by atoms with Gasteiger partial charge in [-0.05, 0) is 56.4 Å². The van der Waals surface area contributed by atoms with Crippen LogP contribution in [0.15, 0.2) is 72.9 Å². The highest BCUT2D eigenvalue weighted by atomic mass is 16.6. The normalized spacial score (nSPS) is 21.2. The van der Waals surface area contributed by atoms with Crippen molar-refractivity contribution in [2.75, 3.05) is 13.6 Å². The van der Waals surface area contributed by atoms with Crippen LogP contribution in [0.5, 0.6) is 0 Å². The van der Waals surface area contributed by atoms with Crippen LogP contribution in [0.3, 0.4) is 0 Å². The van der Waals surface area contributed by atoms with Crippen molar-refractivity contribution in [1.29, 1.82) is 0 Å². The number of likely N-dealkylation sites (N-methyl/N-ethyl adjacent to an activating group) is 1. The van der Waals surface area contributed by atoms with Crippen molar-refractivity contribution in [1.82, 2.24) is 15.2 Å². The molecule has 0 bridgehead atoms. The molecule has 2 heterocycles. The second-order valence-corrected chi connectivity index (χ2v) is 11.6. The third-order valence-electron chi connectivity index (χ3n) is 8.15. The van der Waals surface area contributed by atoms with E-state index >= 15 is 0 Å². The summed E-state index contributed by atoms with van der Waals surface area (Å²) in [6.07, 6.45) is 4.01. The van der Waals surface area contributed by atoms with Gasteiger partial charge < -0.3 is 20.1 Å². The minimum Gasteiger partial charge on any atom is -0.438 e. The van der Waals surface area contributed by atoms with Gasteiger partial charge in [-0.3, -0.25) is 9.78 Å². The molecule has 2 atom stereocenters. The molecule has 0 unspecified atom stereocenters. The van der Waals surface area contributed by atoms with Gasteiger partial charge in [0.05, 0.1) is 22.8 Å². The van der Waals surface area contributed by atoms with Crippen LogP contribution < -0.4 is 5.32 Å². The highest BCUT2D eigenvalue weighted by Gasteiger charge is 2.52. The summed E-state index contributed by atoms with van der Waals surface area (Å²) < 4.78 is 6.14. The summed E-state index contributed by atoms with van der Waals surface area (Å²) in [4.78, 5) is 32.0. The number of benzene rings is 2. The summed E-state index contributed by atoms with van der Waals surface area (Å²) in [5, 5.41) is 13.4. The molecule has 0 radical (unpaired) electrons. The van der Waals surface area contributed by atoms with Crippen LogP contribution in [-0.4, -0.2) is 46.2 Å². The Hall–Kier alpha value is -3.71. The zero-order valence-corrected chi connectivity index (χ0v) is 23.1. The van der Waals surface area contributed by atoms with E-state index < -0.39 is 16.6 Å². The summed E-state index contributed by atoms with van der Waals surface area (Å²) in [6, 6.07) is 21.6. The zero-order chi connectivity index (χ0) is 27.8. The first-order valence-corrected chi connectivity index (χ1v) is 13.6. The van der Waals surface area contributed by atoms with E-state index in [1.54, 1.807) is 25.8 Å². The van der Waals surface area contributed by atoms with E-state index in [1.165, 1.54) is 0 Å². The number of hydrogen-bond acceptors (Lipinski definition) is 5. The van der Waals surface area contributed by atoms with Gasteiger partial charge in [-0.2, -0.15) is 0 Å². The van der Waals surface area contributed by atoms with Gasteiger partial charge in [0.15, 0.2) is 0 Å². The Morgan fingerprint density at radius 1 is 1.05 bits per heavy atom. The molecule has 1 saturated heterocycles. The zero-order valence-electron chi connectivity index (χ0n) is 23.1. The quantitative estimate of drug-likeness (QED) is 0.404. The maximum absolute atomic E-state index is 13.3. The Morgan fingerprint density at radius 2 is 1.72 bits per heavy atom. The first-order valence-electron chi connectivity index (χ1n) is 13.6. The largest absolute Gasteiger partial charge is 0.438 e. The Balaban J connectivity index is 1.30. The third-order valence-corrected chi connectivity index (χ3v) is 8.15. The highest BCUT2D eigenvalue weighted by Crippen LogP contribution is 2.47. The SMILES string of the molecule is CNC(=O)C1(c2ccc(-c3ccc([C@H](C)N4CC[C@](CC(C)(C)O)(c5ccccc5)OC4=O)cc3)cn2)CC1. The average molecular weight is 528 g/mol. The first kappa shape index (κ1) is 26.9. The minimum absolute atomic E-state index is 0.0263. The Morgan fingerprint density at radius 3 is 2.26 bits per heavy atom. The van der Waals surface area contributed by atoms with Gasteiger partial charge >= 0.3 is 6.09 Å². The van der Waals surface area contributed by atoms with E-state index in [2.05, 4.69) is 10.3 Å². The molecule has 1 aromatic heterocycles. The van der Waals surface area contributed by atoms with E-state index in [9.17, 15) is 14.7 Å². The number of rotatable bonds is 8. The van der Waals surface area contributed by atoms with Crippen molar-refractivity contribution in [3.05, 3.63) is 89.7 Å². The monoisotopic (exact) mass is 527 g/mol. The predicted molar refractivity (Wildman–Crippen MR) is 150 cm³/mol. The van der Waals surface area contributed by atoms with Crippen molar-refractivity contribution < 1.29 is 19.4 Å². The van der Waals surface area contributed by atoms with Crippen LogP contribution in [0, 0.1) is 0 Å². The number of aromatic nitrogens is 1. The molecule has 1 aliphatic heterocycles. The fraction of sp³-hybridized carbons (Fsp3) is 0.406. The molecule has 0 spiro atoms. The maximum Gasteiger partial charge on any atom is 0.411 e. The number of hydrogen-bond donors (Lipinski definition) is 2. The number of pyridine rings is 1. The van der Waals surface area contributed by atoms with Crippen LogP contribution in [-0.2, 0) is 20.5 Å². The van der Waals surface area contributed by atoms with Gasteiger partial charge in [-0.1, -0.05) is 60.7 Å². The third kappa shape index (κ3) is 5.28. The minimum atomic E-state index is -0.992. The molecule has 2 fully saturated rings. The van der Waals surface area contributed by atoms with E-state index in [-0.39, 0.29) is 18.0 Å². The molecule has 7 heteroatoms. The second-order valence-electron chi connectivity index (χ2n) is 11.6. The fourth-order valence-corrected chi connectivity index (χ4v) is 5.84. The second kappa shape index (κ2) is 10.1. The van der Waals surface area contributed by atoms with Crippen LogP contribution in [0.4, 0.5) is 4.79 Å². The topological polar surface area (TPSA) is 91.8 Å². The van der Waals surface area contributed by atoms with E-state index in [4.69, 9.17) is 4.74 Å². The molecule has 3 aromatic rings. The standard InChI is InChI=1S/C32H37N3O4/c1-22(35-19-18-32(39-29(35)37,21-30(2,3)38)26-8-6-5-7-9-26)23-10-12-24(13-11-23)25-14-15-27(34-20-25)31(16-17-31)28(36)33-4/h5-15,20,22,38H,16-19,21H2,1-4H3,(H,33,36)/t22-,32-/m0/s1. The Kier molecular flexibility index (Phi) is 6.97. The van der Waals surface area contributed by atoms with Crippen LogP contribution >= 0.6 is 0 Å². The smallest absolute Gasteiger partial charge is 0.411 e. The first-order chi connectivity index (χ1) is 18.6. The van der Waals surface area contributed by atoms with Gasteiger partial charge in [-0.15, -0.1) is 0 Å². The van der Waals surface area contributed by atoms with Crippen molar-refractivity contribution >= 4 is 12.0 Å². The molecule has 2 N–H and O–H groups in total. The van der Waals surface area contributed by atoms with Gasteiger partial charge in [-0.25, -0.2) is 4.79 Å². The number of carbonyl (C=O) groups excluding carboxylic acids is 2. The van der Waals surface area contributed by atoms with Crippen molar-refractivity contribution in [3.8, 4) is 11.1 Å². The summed E-state index contributed by atoms with van der Waals surface area (Å²) in [5.41, 5.74) is 2.38. The molecule has 7 nitrogen and oxygen atoms in total. The Bertz CT molecular complexity index is 1330. The molecule has 2 aliphatic rings. The highest BCUT2D eigenvalue weighted by molar-refractivity contribution is 5.90. The number of nitrogens with one attached hydrogen (secondary N) is 1. The van der Waals surface area contributed by atoms with Gasteiger partial charge in [0, 0.05) is 38.2 Å². The van der Waals surface area contributed by atoms with E-state index in [1.807, 2.05) is 79.9 Å². The molecule has 39 heavy (non-hydrogen) atoms.